The van der Waals surface area contributed by atoms with Crippen molar-refractivity contribution in [2.45, 2.75) is 46.5 Å². The summed E-state index contributed by atoms with van der Waals surface area (Å²) in [5.41, 5.74) is -1.04. The van der Waals surface area contributed by atoms with Crippen LogP contribution in [0.25, 0.3) is 0 Å². The van der Waals surface area contributed by atoms with Crippen molar-refractivity contribution in [3.8, 4) is 0 Å². The van der Waals surface area contributed by atoms with Crippen molar-refractivity contribution in [3.63, 3.8) is 0 Å². The molecule has 3 amide bonds. The van der Waals surface area contributed by atoms with Gasteiger partial charge in [-0.15, -0.1) is 0 Å². The number of urea groups is 1. The molecule has 0 aromatic carbocycles. The number of carboxylic acids is 1. The minimum atomic E-state index is -1.18. The summed E-state index contributed by atoms with van der Waals surface area (Å²) >= 11 is 0. The summed E-state index contributed by atoms with van der Waals surface area (Å²) in [5, 5.41) is 13.7. The molecule has 1 saturated carbocycles. The number of carbonyl (C=O) groups excluding carboxylic acids is 2. The lowest BCUT2D eigenvalue weighted by atomic mass is 9.70. The smallest absolute Gasteiger partial charge is 0.321 e. The predicted octanol–water partition coefficient (Wildman–Crippen LogP) is 1.50. The molecule has 0 aromatic rings. The van der Waals surface area contributed by atoms with E-state index in [4.69, 9.17) is 5.11 Å². The van der Waals surface area contributed by atoms with E-state index in [9.17, 15) is 14.4 Å². The van der Waals surface area contributed by atoms with Crippen LogP contribution in [0.5, 0.6) is 0 Å². The van der Waals surface area contributed by atoms with Crippen LogP contribution in [0.2, 0.25) is 0 Å². The fourth-order valence-electron chi connectivity index (χ4n) is 1.94. The van der Waals surface area contributed by atoms with Crippen LogP contribution in [0.15, 0.2) is 0 Å². The zero-order valence-electron chi connectivity index (χ0n) is 11.7. The largest absolute Gasteiger partial charge is 0.481 e. The van der Waals surface area contributed by atoms with E-state index in [2.05, 4.69) is 17.6 Å². The summed E-state index contributed by atoms with van der Waals surface area (Å²) in [6.45, 7) is 5.52. The van der Waals surface area contributed by atoms with Gasteiger partial charge in [0.2, 0.25) is 5.91 Å². The standard InChI is InChI=1S/C13H22N2O4/c1-12(2,10(17)18)7-9(16)15-11(19)14-8-13(3)5-4-6-13/h4-8H2,1-3H3,(H,17,18)(H2,14,15,16,19). The third-order valence-corrected chi connectivity index (χ3v) is 3.67. The quantitative estimate of drug-likeness (QED) is 0.705. The van der Waals surface area contributed by atoms with Crippen LogP contribution in [0, 0.1) is 10.8 Å². The summed E-state index contributed by atoms with van der Waals surface area (Å²) in [6.07, 6.45) is 3.10. The first kappa shape index (κ1) is 15.5. The lowest BCUT2D eigenvalue weighted by molar-refractivity contribution is -0.149. The Hall–Kier alpha value is -1.59. The Kier molecular flexibility index (Phi) is 4.55. The van der Waals surface area contributed by atoms with Crippen LogP contribution in [0.3, 0.4) is 0 Å². The van der Waals surface area contributed by atoms with Crippen LogP contribution >= 0.6 is 0 Å². The highest BCUT2D eigenvalue weighted by Crippen LogP contribution is 2.39. The number of carboxylic acid groups (broad SMARTS) is 1. The molecule has 0 spiro atoms. The second-order valence-electron chi connectivity index (χ2n) is 6.26. The van der Waals surface area contributed by atoms with Gasteiger partial charge in [-0.05, 0) is 32.1 Å². The van der Waals surface area contributed by atoms with Crippen molar-refractivity contribution in [2.24, 2.45) is 10.8 Å². The van der Waals surface area contributed by atoms with E-state index < -0.39 is 23.3 Å². The SMILES string of the molecule is CC1(CNC(=O)NC(=O)CC(C)(C)C(=O)O)CCC1. The van der Waals surface area contributed by atoms with Crippen molar-refractivity contribution in [3.05, 3.63) is 0 Å². The second kappa shape index (κ2) is 5.59. The number of amides is 3. The van der Waals surface area contributed by atoms with Gasteiger partial charge in [0.15, 0.2) is 0 Å². The highest BCUT2D eigenvalue weighted by Gasteiger charge is 2.33. The predicted molar refractivity (Wildman–Crippen MR) is 69.5 cm³/mol. The number of hydrogen-bond donors (Lipinski definition) is 3. The fraction of sp³-hybridized carbons (Fsp3) is 0.769. The van der Waals surface area contributed by atoms with Crippen LogP contribution < -0.4 is 10.6 Å². The summed E-state index contributed by atoms with van der Waals surface area (Å²) in [5.74, 6) is -1.64. The van der Waals surface area contributed by atoms with Gasteiger partial charge < -0.3 is 10.4 Å². The van der Waals surface area contributed by atoms with E-state index in [1.165, 1.54) is 20.3 Å². The molecule has 0 radical (unpaired) electrons. The highest BCUT2D eigenvalue weighted by atomic mass is 16.4. The fourth-order valence-corrected chi connectivity index (χ4v) is 1.94. The summed E-state index contributed by atoms with van der Waals surface area (Å²) in [7, 11) is 0. The van der Waals surface area contributed by atoms with Gasteiger partial charge in [0, 0.05) is 13.0 Å². The zero-order chi connectivity index (χ0) is 14.7. The van der Waals surface area contributed by atoms with Gasteiger partial charge in [0.25, 0.3) is 0 Å². The van der Waals surface area contributed by atoms with E-state index >= 15 is 0 Å². The van der Waals surface area contributed by atoms with Gasteiger partial charge in [-0.1, -0.05) is 13.3 Å². The number of imide groups is 1. The number of aliphatic carboxylic acids is 1. The average Bonchev–Trinajstić information content (AvgIpc) is 2.22. The van der Waals surface area contributed by atoms with Gasteiger partial charge in [0.1, 0.15) is 0 Å². The Morgan fingerprint density at radius 1 is 1.26 bits per heavy atom. The molecule has 0 heterocycles. The molecule has 0 aliphatic heterocycles. The average molecular weight is 270 g/mol. The molecule has 0 bridgehead atoms. The number of carbonyl (C=O) groups is 3. The third kappa shape index (κ3) is 4.54. The molecule has 1 fully saturated rings. The summed E-state index contributed by atoms with van der Waals surface area (Å²) in [6, 6.07) is -0.556. The number of nitrogens with one attached hydrogen (secondary N) is 2. The van der Waals surface area contributed by atoms with Gasteiger partial charge in [-0.3, -0.25) is 14.9 Å². The van der Waals surface area contributed by atoms with Crippen LogP contribution in [-0.4, -0.2) is 29.6 Å². The van der Waals surface area contributed by atoms with Crippen LogP contribution in [-0.2, 0) is 9.59 Å². The Balaban J connectivity index is 2.32. The molecule has 108 valence electrons. The van der Waals surface area contributed by atoms with Crippen molar-refractivity contribution in [1.82, 2.24) is 10.6 Å². The van der Waals surface area contributed by atoms with Gasteiger partial charge in [-0.2, -0.15) is 0 Å². The number of hydrogen-bond acceptors (Lipinski definition) is 3. The first-order chi connectivity index (χ1) is 8.65. The molecule has 3 N–H and O–H groups in total. The van der Waals surface area contributed by atoms with Crippen LogP contribution in [0.1, 0.15) is 46.5 Å². The summed E-state index contributed by atoms with van der Waals surface area (Å²) in [4.78, 5) is 33.9. The second-order valence-corrected chi connectivity index (χ2v) is 6.26. The van der Waals surface area contributed by atoms with E-state index in [0.717, 1.165) is 12.8 Å². The van der Waals surface area contributed by atoms with Crippen molar-refractivity contribution < 1.29 is 19.5 Å². The molecule has 0 unspecified atom stereocenters. The van der Waals surface area contributed by atoms with Gasteiger partial charge >= 0.3 is 12.0 Å². The lowest BCUT2D eigenvalue weighted by Crippen LogP contribution is -2.46. The number of rotatable bonds is 5. The summed E-state index contributed by atoms with van der Waals surface area (Å²) < 4.78 is 0. The van der Waals surface area contributed by atoms with Gasteiger partial charge in [-0.25, -0.2) is 4.79 Å². The molecule has 1 aliphatic carbocycles. The van der Waals surface area contributed by atoms with E-state index in [-0.39, 0.29) is 11.8 Å². The Labute approximate surface area is 112 Å². The van der Waals surface area contributed by atoms with E-state index in [1.54, 1.807) is 0 Å². The normalized spacial score (nSPS) is 17.2. The van der Waals surface area contributed by atoms with E-state index in [0.29, 0.717) is 6.54 Å². The first-order valence-corrected chi connectivity index (χ1v) is 6.46. The molecular weight excluding hydrogens is 248 g/mol. The lowest BCUT2D eigenvalue weighted by Gasteiger charge is -2.38. The molecule has 0 atom stereocenters. The molecular formula is C13H22N2O4. The molecule has 1 aliphatic rings. The highest BCUT2D eigenvalue weighted by molar-refractivity contribution is 5.96. The third-order valence-electron chi connectivity index (χ3n) is 3.67. The van der Waals surface area contributed by atoms with Crippen molar-refractivity contribution in [1.29, 1.82) is 0 Å². The molecule has 6 nitrogen and oxygen atoms in total. The monoisotopic (exact) mass is 270 g/mol. The molecule has 6 heteroatoms. The van der Waals surface area contributed by atoms with Crippen LogP contribution in [0.4, 0.5) is 4.79 Å². The Morgan fingerprint density at radius 2 is 1.84 bits per heavy atom. The molecule has 0 aromatic heterocycles. The van der Waals surface area contributed by atoms with E-state index in [1.807, 2.05) is 0 Å². The maximum absolute atomic E-state index is 11.5. The molecule has 1 rings (SSSR count). The topological polar surface area (TPSA) is 95.5 Å². The molecule has 0 saturated heterocycles. The Bertz CT molecular complexity index is 386. The van der Waals surface area contributed by atoms with Gasteiger partial charge in [0.05, 0.1) is 5.41 Å². The first-order valence-electron chi connectivity index (χ1n) is 6.46. The zero-order valence-corrected chi connectivity index (χ0v) is 11.7. The Morgan fingerprint density at radius 3 is 2.26 bits per heavy atom. The van der Waals surface area contributed by atoms with Crippen molar-refractivity contribution in [2.75, 3.05) is 6.54 Å². The maximum atomic E-state index is 11.5. The van der Waals surface area contributed by atoms with Crippen molar-refractivity contribution >= 4 is 17.9 Å². The molecule has 19 heavy (non-hydrogen) atoms. The minimum Gasteiger partial charge on any atom is -0.481 e. The minimum absolute atomic E-state index is 0.140. The maximum Gasteiger partial charge on any atom is 0.321 e.